The molecular formula is C14H8ClN3O3S. The first-order valence-corrected chi connectivity index (χ1v) is 6.93. The average molecular weight is 334 g/mol. The zero-order chi connectivity index (χ0) is 15.9. The minimum absolute atomic E-state index is 0.0187. The highest BCUT2D eigenvalue weighted by Gasteiger charge is 2.34. The van der Waals surface area contributed by atoms with Gasteiger partial charge in [0.2, 0.25) is 5.88 Å². The highest BCUT2D eigenvalue weighted by molar-refractivity contribution is 7.71. The van der Waals surface area contributed by atoms with Crippen LogP contribution in [0.2, 0.25) is 5.02 Å². The Balaban J connectivity index is 2.32. The van der Waals surface area contributed by atoms with Gasteiger partial charge >= 0.3 is 0 Å². The summed E-state index contributed by atoms with van der Waals surface area (Å²) in [4.78, 5) is 17.4. The predicted molar refractivity (Wildman–Crippen MR) is 81.4 cm³/mol. The van der Waals surface area contributed by atoms with E-state index in [1.807, 2.05) is 6.07 Å². The fraction of sp³-hybridized carbons (Fsp3) is 0.0714. The number of halogens is 1. The topological polar surface area (TPSA) is 102 Å². The summed E-state index contributed by atoms with van der Waals surface area (Å²) in [6.07, 6.45) is 0. The minimum Gasteiger partial charge on any atom is -0.480 e. The van der Waals surface area contributed by atoms with Crippen molar-refractivity contribution in [3.8, 4) is 11.9 Å². The first-order valence-electron chi connectivity index (χ1n) is 6.14. The van der Waals surface area contributed by atoms with Crippen molar-refractivity contribution in [2.45, 2.75) is 5.92 Å². The Bertz CT molecular complexity index is 938. The third kappa shape index (κ3) is 2.28. The van der Waals surface area contributed by atoms with Crippen LogP contribution in [0.25, 0.3) is 0 Å². The third-order valence-corrected chi connectivity index (χ3v) is 3.73. The molecule has 0 fully saturated rings. The van der Waals surface area contributed by atoms with Crippen LogP contribution in [0.4, 0.5) is 0 Å². The summed E-state index contributed by atoms with van der Waals surface area (Å²) in [5, 5.41) is 19.7. The van der Waals surface area contributed by atoms with E-state index in [2.05, 4.69) is 9.97 Å². The van der Waals surface area contributed by atoms with Crippen molar-refractivity contribution in [2.24, 2.45) is 0 Å². The van der Waals surface area contributed by atoms with Crippen molar-refractivity contribution in [3.63, 3.8) is 0 Å². The quantitative estimate of drug-likeness (QED) is 0.696. The average Bonchev–Trinajstić information content (AvgIpc) is 2.46. The number of hydrogen-bond donors (Lipinski definition) is 3. The molecule has 0 saturated carbocycles. The maximum atomic E-state index is 12.2. The first kappa shape index (κ1) is 14.4. The molecule has 0 aliphatic carbocycles. The second-order valence-corrected chi connectivity index (χ2v) is 5.41. The van der Waals surface area contributed by atoms with Gasteiger partial charge in [-0.3, -0.25) is 9.78 Å². The largest absolute Gasteiger partial charge is 0.480 e. The van der Waals surface area contributed by atoms with Crippen LogP contribution in [-0.2, 0) is 0 Å². The van der Waals surface area contributed by atoms with Gasteiger partial charge in [-0.05, 0) is 29.9 Å². The molecule has 1 atom stereocenters. The van der Waals surface area contributed by atoms with Gasteiger partial charge < -0.3 is 14.8 Å². The molecule has 1 unspecified atom stereocenters. The number of aliphatic hydroxyl groups is 1. The lowest BCUT2D eigenvalue weighted by Gasteiger charge is -2.23. The van der Waals surface area contributed by atoms with Crippen molar-refractivity contribution < 1.29 is 9.84 Å². The molecule has 2 heterocycles. The van der Waals surface area contributed by atoms with Crippen LogP contribution in [-0.4, -0.2) is 15.1 Å². The third-order valence-electron chi connectivity index (χ3n) is 3.27. The number of H-pyrrole nitrogens is 2. The zero-order valence-electron chi connectivity index (χ0n) is 10.9. The Morgan fingerprint density at radius 3 is 2.64 bits per heavy atom. The van der Waals surface area contributed by atoms with Crippen molar-refractivity contribution >= 4 is 23.8 Å². The van der Waals surface area contributed by atoms with Crippen LogP contribution in [0.1, 0.15) is 17.0 Å². The second kappa shape index (κ2) is 5.33. The van der Waals surface area contributed by atoms with Crippen LogP contribution < -0.4 is 10.3 Å². The van der Waals surface area contributed by atoms with Gasteiger partial charge in [-0.15, -0.1) is 0 Å². The summed E-state index contributed by atoms with van der Waals surface area (Å²) >= 11 is 10.7. The van der Waals surface area contributed by atoms with Crippen molar-refractivity contribution in [2.75, 3.05) is 0 Å². The number of aliphatic hydroxyl groups excluding tert-OH is 1. The smallest absolute Gasteiger partial charge is 0.298 e. The second-order valence-electron chi connectivity index (χ2n) is 4.57. The standard InChI is InChI=1S/C14H8ClN3O3S/c15-7-3-1-6(2-4-7)9-8(5-16)13(20)21-12-10(9)11(19)17-14(22)18-12/h1-4,9,20H,(H2,17,18,19,22). The van der Waals surface area contributed by atoms with Crippen molar-refractivity contribution in [1.29, 1.82) is 5.26 Å². The van der Waals surface area contributed by atoms with Crippen molar-refractivity contribution in [1.82, 2.24) is 9.97 Å². The number of benzene rings is 1. The van der Waals surface area contributed by atoms with Crippen molar-refractivity contribution in [3.05, 3.63) is 67.1 Å². The molecule has 0 bridgehead atoms. The van der Waals surface area contributed by atoms with Crippen LogP contribution >= 0.6 is 23.8 Å². The summed E-state index contributed by atoms with van der Waals surface area (Å²) in [6, 6.07) is 8.50. The number of fused-ring (bicyclic) bond motifs is 1. The van der Waals surface area contributed by atoms with E-state index in [-0.39, 0.29) is 21.8 Å². The number of nitrogens with zero attached hydrogens (tertiary/aromatic N) is 1. The molecule has 0 radical (unpaired) electrons. The Labute approximate surface area is 134 Å². The molecule has 6 nitrogen and oxygen atoms in total. The van der Waals surface area contributed by atoms with Crippen LogP contribution in [0.15, 0.2) is 40.6 Å². The molecule has 1 aromatic carbocycles. The summed E-state index contributed by atoms with van der Waals surface area (Å²) < 4.78 is 5.18. The zero-order valence-corrected chi connectivity index (χ0v) is 12.5. The number of rotatable bonds is 1. The maximum Gasteiger partial charge on any atom is 0.298 e. The lowest BCUT2D eigenvalue weighted by atomic mass is 9.85. The van der Waals surface area contributed by atoms with E-state index in [0.29, 0.717) is 10.6 Å². The number of nitriles is 1. The van der Waals surface area contributed by atoms with Crippen LogP contribution in [0.3, 0.4) is 0 Å². The number of hydrogen-bond acceptors (Lipinski definition) is 5. The highest BCUT2D eigenvalue weighted by atomic mass is 35.5. The van der Waals surface area contributed by atoms with Crippen LogP contribution in [0, 0.1) is 16.1 Å². The number of allylic oxidation sites excluding steroid dienone is 1. The normalized spacial score (nSPS) is 16.6. The predicted octanol–water partition coefficient (Wildman–Crippen LogP) is 2.90. The van der Waals surface area contributed by atoms with Gasteiger partial charge in [0.1, 0.15) is 11.6 Å². The van der Waals surface area contributed by atoms with E-state index in [9.17, 15) is 15.2 Å². The van der Waals surface area contributed by atoms with E-state index in [1.165, 1.54) is 0 Å². The van der Waals surface area contributed by atoms with E-state index < -0.39 is 17.4 Å². The fourth-order valence-corrected chi connectivity index (χ4v) is 2.65. The molecule has 22 heavy (non-hydrogen) atoms. The Morgan fingerprint density at radius 2 is 2.00 bits per heavy atom. The fourth-order valence-electron chi connectivity index (χ4n) is 2.34. The molecule has 0 spiro atoms. The highest BCUT2D eigenvalue weighted by Crippen LogP contribution is 2.39. The summed E-state index contributed by atoms with van der Waals surface area (Å²) in [5.74, 6) is -1.32. The van der Waals surface area contributed by atoms with Gasteiger partial charge in [0.15, 0.2) is 4.77 Å². The van der Waals surface area contributed by atoms with E-state index in [1.54, 1.807) is 24.3 Å². The lowest BCUT2D eigenvalue weighted by Crippen LogP contribution is -2.26. The Morgan fingerprint density at radius 1 is 1.32 bits per heavy atom. The SMILES string of the molecule is N#CC1=C(O)Oc2[nH]c(=S)[nH]c(=O)c2C1c1ccc(Cl)cc1. The molecule has 1 aliphatic rings. The summed E-state index contributed by atoms with van der Waals surface area (Å²) in [6.45, 7) is 0. The number of aromatic nitrogens is 2. The van der Waals surface area contributed by atoms with E-state index in [0.717, 1.165) is 0 Å². The van der Waals surface area contributed by atoms with Gasteiger partial charge in [0.25, 0.3) is 11.5 Å². The molecule has 110 valence electrons. The van der Waals surface area contributed by atoms with Crippen LogP contribution in [0.5, 0.6) is 5.88 Å². The number of ether oxygens (including phenoxy) is 1. The summed E-state index contributed by atoms with van der Waals surface area (Å²) in [5.41, 5.74) is 0.239. The molecule has 0 amide bonds. The molecule has 0 saturated heterocycles. The van der Waals surface area contributed by atoms with E-state index >= 15 is 0 Å². The van der Waals surface area contributed by atoms with Gasteiger partial charge in [-0.25, -0.2) is 0 Å². The van der Waals surface area contributed by atoms with E-state index in [4.69, 9.17) is 28.6 Å². The van der Waals surface area contributed by atoms with Gasteiger partial charge in [0.05, 0.1) is 11.5 Å². The molecule has 3 N–H and O–H groups in total. The molecular weight excluding hydrogens is 326 g/mol. The number of nitrogens with one attached hydrogen (secondary N) is 2. The number of aromatic amines is 2. The molecule has 2 aromatic rings. The minimum atomic E-state index is -0.776. The molecule has 1 aliphatic heterocycles. The van der Waals surface area contributed by atoms with Gasteiger partial charge in [-0.1, -0.05) is 23.7 Å². The Hall–Kier alpha value is -2.56. The molecule has 1 aromatic heterocycles. The monoisotopic (exact) mass is 333 g/mol. The van der Waals surface area contributed by atoms with Gasteiger partial charge in [0, 0.05) is 5.02 Å². The first-order chi connectivity index (χ1) is 10.5. The maximum absolute atomic E-state index is 12.2. The summed E-state index contributed by atoms with van der Waals surface area (Å²) in [7, 11) is 0. The Kier molecular flexibility index (Phi) is 3.48. The lowest BCUT2D eigenvalue weighted by molar-refractivity contribution is 0.187. The van der Waals surface area contributed by atoms with Gasteiger partial charge in [-0.2, -0.15) is 5.26 Å². The molecule has 3 rings (SSSR count). The molecule has 8 heteroatoms.